The zero-order chi connectivity index (χ0) is 24.8. The Morgan fingerprint density at radius 3 is 2.65 bits per heavy atom. The van der Waals surface area contributed by atoms with Crippen LogP contribution in [0.15, 0.2) is 47.0 Å². The smallest absolute Gasteiger partial charge is 0.373 e. The molecule has 1 aromatic heterocycles. The highest BCUT2D eigenvalue weighted by atomic mass is 16.5. The van der Waals surface area contributed by atoms with Crippen molar-refractivity contribution in [3.8, 4) is 11.5 Å². The van der Waals surface area contributed by atoms with Crippen LogP contribution in [0.4, 0.5) is 4.79 Å². The van der Waals surface area contributed by atoms with Crippen LogP contribution < -0.4 is 20.5 Å². The molecule has 1 aromatic carbocycles. The molecule has 1 aliphatic rings. The number of ether oxygens (including phenoxy) is 3. The van der Waals surface area contributed by atoms with Gasteiger partial charge in [0.25, 0.3) is 11.8 Å². The predicted octanol–water partition coefficient (Wildman–Crippen LogP) is 1.76. The molecule has 0 unspecified atom stereocenters. The maximum absolute atomic E-state index is 12.8. The zero-order valence-electron chi connectivity index (χ0n) is 18.6. The van der Waals surface area contributed by atoms with E-state index in [0.717, 1.165) is 4.90 Å². The summed E-state index contributed by atoms with van der Waals surface area (Å²) < 4.78 is 20.8. The lowest BCUT2D eigenvalue weighted by atomic mass is 10.0. The van der Waals surface area contributed by atoms with E-state index in [0.29, 0.717) is 29.0 Å². The summed E-state index contributed by atoms with van der Waals surface area (Å²) in [6.07, 6.45) is 3.50. The second-order valence-corrected chi connectivity index (χ2v) is 7.10. The van der Waals surface area contributed by atoms with E-state index < -0.39 is 23.8 Å². The second-order valence-electron chi connectivity index (χ2n) is 7.10. The maximum atomic E-state index is 12.8. The molecule has 11 heteroatoms. The van der Waals surface area contributed by atoms with Gasteiger partial charge in [-0.05, 0) is 42.3 Å². The number of imide groups is 1. The summed E-state index contributed by atoms with van der Waals surface area (Å²) in [5.74, 6) is -1.07. The largest absolute Gasteiger partial charge is 0.493 e. The summed E-state index contributed by atoms with van der Waals surface area (Å²) in [7, 11) is 2.64. The number of nitrogens with one attached hydrogen (secondary N) is 1. The fraction of sp³-hybridized carbons (Fsp3) is 0.217. The normalized spacial score (nSPS) is 14.2. The SMILES string of the molecule is C=CCc1cc(C=C2NC(=O)N(Cc3ccc(C(=O)OC)o3)C2=O)cc(OC)c1OCC(N)=O. The van der Waals surface area contributed by atoms with Crippen molar-refractivity contribution in [1.29, 1.82) is 0 Å². The monoisotopic (exact) mass is 469 g/mol. The van der Waals surface area contributed by atoms with Crippen molar-refractivity contribution in [3.05, 3.63) is 65.3 Å². The Labute approximate surface area is 194 Å². The molecule has 0 aliphatic carbocycles. The molecular weight excluding hydrogens is 446 g/mol. The average molecular weight is 469 g/mol. The average Bonchev–Trinajstić information content (AvgIpc) is 3.38. The molecule has 0 radical (unpaired) electrons. The summed E-state index contributed by atoms with van der Waals surface area (Å²) in [6, 6.07) is 5.53. The van der Waals surface area contributed by atoms with Gasteiger partial charge in [0.2, 0.25) is 5.76 Å². The number of methoxy groups -OCH3 is 2. The number of hydrogen-bond acceptors (Lipinski definition) is 8. The predicted molar refractivity (Wildman–Crippen MR) is 119 cm³/mol. The van der Waals surface area contributed by atoms with E-state index >= 15 is 0 Å². The summed E-state index contributed by atoms with van der Waals surface area (Å²) in [6.45, 7) is 3.20. The van der Waals surface area contributed by atoms with Crippen molar-refractivity contribution in [3.63, 3.8) is 0 Å². The van der Waals surface area contributed by atoms with Crippen LogP contribution in [-0.2, 0) is 27.3 Å². The number of carbonyl (C=O) groups is 4. The van der Waals surface area contributed by atoms with E-state index in [1.165, 1.54) is 32.4 Å². The third-order valence-electron chi connectivity index (χ3n) is 4.73. The van der Waals surface area contributed by atoms with E-state index in [1.807, 2.05) is 0 Å². The lowest BCUT2D eigenvalue weighted by Crippen LogP contribution is -2.30. The van der Waals surface area contributed by atoms with Crippen LogP contribution in [0.2, 0.25) is 0 Å². The molecule has 0 spiro atoms. The van der Waals surface area contributed by atoms with Crippen molar-refractivity contribution in [2.24, 2.45) is 5.73 Å². The fourth-order valence-corrected chi connectivity index (χ4v) is 3.24. The van der Waals surface area contributed by atoms with Gasteiger partial charge in [0.15, 0.2) is 18.1 Å². The van der Waals surface area contributed by atoms with Crippen LogP contribution >= 0.6 is 0 Å². The Hall–Kier alpha value is -4.54. The first kappa shape index (κ1) is 24.1. The molecule has 1 fully saturated rings. The first-order valence-electron chi connectivity index (χ1n) is 10.0. The van der Waals surface area contributed by atoms with Crippen LogP contribution in [0.25, 0.3) is 6.08 Å². The number of allylic oxidation sites excluding steroid dienone is 1. The molecule has 3 rings (SSSR count). The molecule has 178 valence electrons. The quantitative estimate of drug-likeness (QED) is 0.231. The molecule has 0 saturated carbocycles. The van der Waals surface area contributed by atoms with E-state index in [-0.39, 0.29) is 30.4 Å². The standard InChI is InChI=1S/C23H23N3O8/c1-4-5-14-8-13(10-18(31-2)20(14)33-12-19(24)27)9-16-21(28)26(23(30)25-16)11-15-6-7-17(34-15)22(29)32-3/h4,6-10H,1,5,11-12H2,2-3H3,(H2,24,27)(H,25,30). The molecule has 3 N–H and O–H groups in total. The van der Waals surface area contributed by atoms with Crippen LogP contribution in [-0.4, -0.2) is 49.5 Å². The van der Waals surface area contributed by atoms with Gasteiger partial charge >= 0.3 is 12.0 Å². The molecular formula is C23H23N3O8. The molecule has 1 aliphatic heterocycles. The third-order valence-corrected chi connectivity index (χ3v) is 4.73. The highest BCUT2D eigenvalue weighted by molar-refractivity contribution is 6.13. The van der Waals surface area contributed by atoms with Crippen LogP contribution in [0.3, 0.4) is 0 Å². The van der Waals surface area contributed by atoms with E-state index in [4.69, 9.17) is 19.6 Å². The van der Waals surface area contributed by atoms with Crippen LogP contribution in [0.5, 0.6) is 11.5 Å². The fourth-order valence-electron chi connectivity index (χ4n) is 3.24. The molecule has 1 saturated heterocycles. The van der Waals surface area contributed by atoms with Crippen molar-refractivity contribution < 1.29 is 37.8 Å². The first-order chi connectivity index (χ1) is 16.3. The highest BCUT2D eigenvalue weighted by Gasteiger charge is 2.34. The molecule has 0 atom stereocenters. The number of amides is 4. The molecule has 11 nitrogen and oxygen atoms in total. The van der Waals surface area contributed by atoms with Gasteiger partial charge in [0.1, 0.15) is 11.5 Å². The number of rotatable bonds is 10. The molecule has 0 bridgehead atoms. The summed E-state index contributed by atoms with van der Waals surface area (Å²) in [5.41, 5.74) is 6.38. The van der Waals surface area contributed by atoms with Gasteiger partial charge in [-0.3, -0.25) is 14.5 Å². The molecule has 34 heavy (non-hydrogen) atoms. The van der Waals surface area contributed by atoms with Gasteiger partial charge < -0.3 is 29.7 Å². The van der Waals surface area contributed by atoms with Gasteiger partial charge in [0, 0.05) is 5.56 Å². The lowest BCUT2D eigenvalue weighted by molar-refractivity contribution is -0.123. The Morgan fingerprint density at radius 2 is 2.00 bits per heavy atom. The van der Waals surface area contributed by atoms with E-state index in [2.05, 4.69) is 16.6 Å². The van der Waals surface area contributed by atoms with Crippen molar-refractivity contribution in [1.82, 2.24) is 10.2 Å². The number of nitrogens with two attached hydrogens (primary N) is 1. The van der Waals surface area contributed by atoms with Gasteiger partial charge in [-0.15, -0.1) is 6.58 Å². The first-order valence-corrected chi connectivity index (χ1v) is 10.0. The van der Waals surface area contributed by atoms with E-state index in [9.17, 15) is 19.2 Å². The minimum atomic E-state index is -0.670. The summed E-state index contributed by atoms with van der Waals surface area (Å²) in [4.78, 5) is 48.9. The van der Waals surface area contributed by atoms with Crippen molar-refractivity contribution in [2.75, 3.05) is 20.8 Å². The third kappa shape index (κ3) is 5.26. The summed E-state index contributed by atoms with van der Waals surface area (Å²) in [5, 5.41) is 2.52. The number of carbonyl (C=O) groups excluding carboxylic acids is 4. The number of furan rings is 1. The lowest BCUT2D eigenvalue weighted by Gasteiger charge is -2.15. The maximum Gasteiger partial charge on any atom is 0.373 e. The number of urea groups is 1. The Balaban J connectivity index is 1.86. The van der Waals surface area contributed by atoms with Crippen molar-refractivity contribution >= 4 is 29.9 Å². The summed E-state index contributed by atoms with van der Waals surface area (Å²) >= 11 is 0. The van der Waals surface area contributed by atoms with Crippen LogP contribution in [0, 0.1) is 0 Å². The van der Waals surface area contributed by atoms with Crippen molar-refractivity contribution in [2.45, 2.75) is 13.0 Å². The molecule has 4 amide bonds. The Bertz CT molecular complexity index is 1180. The Kier molecular flexibility index (Phi) is 7.36. The highest BCUT2D eigenvalue weighted by Crippen LogP contribution is 2.34. The number of primary amides is 1. The number of hydrogen-bond donors (Lipinski definition) is 2. The van der Waals surface area contributed by atoms with Gasteiger partial charge in [-0.2, -0.15) is 0 Å². The van der Waals surface area contributed by atoms with Gasteiger partial charge in [-0.1, -0.05) is 6.08 Å². The second kappa shape index (κ2) is 10.4. The van der Waals surface area contributed by atoms with Gasteiger partial charge in [-0.25, -0.2) is 9.59 Å². The minimum Gasteiger partial charge on any atom is -0.493 e. The van der Waals surface area contributed by atoms with Gasteiger partial charge in [0.05, 0.1) is 20.8 Å². The molecule has 2 aromatic rings. The molecule has 2 heterocycles. The number of esters is 1. The zero-order valence-corrected chi connectivity index (χ0v) is 18.6. The minimum absolute atomic E-state index is 0.0298. The van der Waals surface area contributed by atoms with Crippen LogP contribution in [0.1, 0.15) is 27.4 Å². The topological polar surface area (TPSA) is 150 Å². The number of nitrogens with zero attached hydrogens (tertiary/aromatic N) is 1. The Morgan fingerprint density at radius 1 is 1.24 bits per heavy atom. The van der Waals surface area contributed by atoms with E-state index in [1.54, 1.807) is 18.2 Å². The number of benzene rings is 1.